The van der Waals surface area contributed by atoms with Gasteiger partial charge in [0.1, 0.15) is 16.9 Å². The van der Waals surface area contributed by atoms with Gasteiger partial charge in [0, 0.05) is 24.1 Å². The number of benzene rings is 2. The molecule has 132 valence electrons. The van der Waals surface area contributed by atoms with Crippen LogP contribution in [0.2, 0.25) is 0 Å². The van der Waals surface area contributed by atoms with E-state index in [4.69, 9.17) is 9.15 Å². The van der Waals surface area contributed by atoms with Crippen LogP contribution in [0.25, 0.3) is 11.0 Å². The van der Waals surface area contributed by atoms with E-state index in [1.165, 1.54) is 25.0 Å². The van der Waals surface area contributed by atoms with Crippen molar-refractivity contribution in [1.82, 2.24) is 0 Å². The third-order valence-electron chi connectivity index (χ3n) is 3.99. The Bertz CT molecular complexity index is 1020. The molecule has 6 heteroatoms. The van der Waals surface area contributed by atoms with E-state index < -0.39 is 11.4 Å². The van der Waals surface area contributed by atoms with Crippen LogP contribution >= 0.6 is 0 Å². The minimum absolute atomic E-state index is 0.0927. The van der Waals surface area contributed by atoms with Crippen molar-refractivity contribution in [3.8, 4) is 5.75 Å². The van der Waals surface area contributed by atoms with Crippen LogP contribution in [-0.2, 0) is 4.79 Å². The highest BCUT2D eigenvalue weighted by molar-refractivity contribution is 6.05. The largest absolute Gasteiger partial charge is 0.497 e. The van der Waals surface area contributed by atoms with E-state index in [1.807, 2.05) is 6.07 Å². The van der Waals surface area contributed by atoms with Gasteiger partial charge in [0.25, 0.3) is 0 Å². The Labute approximate surface area is 149 Å². The number of hydrogen-bond acceptors (Lipinski definition) is 5. The van der Waals surface area contributed by atoms with Crippen molar-refractivity contribution in [2.45, 2.75) is 6.92 Å². The number of methoxy groups -OCH3 is 1. The summed E-state index contributed by atoms with van der Waals surface area (Å²) >= 11 is 0. The molecule has 1 heterocycles. The fourth-order valence-corrected chi connectivity index (χ4v) is 2.63. The Hall–Kier alpha value is -3.41. The summed E-state index contributed by atoms with van der Waals surface area (Å²) in [5.74, 6) is -0.235. The van der Waals surface area contributed by atoms with Crippen molar-refractivity contribution >= 4 is 28.3 Å². The highest BCUT2D eigenvalue weighted by atomic mass is 16.5. The molecule has 6 nitrogen and oxygen atoms in total. The van der Waals surface area contributed by atoms with Crippen molar-refractivity contribution in [1.29, 1.82) is 0 Å². The lowest BCUT2D eigenvalue weighted by Gasteiger charge is -2.20. The molecule has 26 heavy (non-hydrogen) atoms. The minimum Gasteiger partial charge on any atom is -0.497 e. The second kappa shape index (κ2) is 7.23. The summed E-state index contributed by atoms with van der Waals surface area (Å²) in [4.78, 5) is 38.1. The fourth-order valence-electron chi connectivity index (χ4n) is 2.63. The molecule has 0 bridgehead atoms. The van der Waals surface area contributed by atoms with Gasteiger partial charge in [0.2, 0.25) is 5.91 Å². The number of anilines is 1. The number of nitrogens with zero attached hydrogens (tertiary/aromatic N) is 1. The quantitative estimate of drug-likeness (QED) is 0.522. The molecule has 3 rings (SSSR count). The molecular weight excluding hydrogens is 334 g/mol. The first-order valence-corrected chi connectivity index (χ1v) is 7.98. The number of ether oxygens (including phenoxy) is 1. The first kappa shape index (κ1) is 17.4. The Morgan fingerprint density at radius 2 is 1.81 bits per heavy atom. The van der Waals surface area contributed by atoms with Gasteiger partial charge < -0.3 is 14.1 Å². The van der Waals surface area contributed by atoms with Gasteiger partial charge in [-0.3, -0.25) is 9.59 Å². The molecule has 1 amide bonds. The third-order valence-corrected chi connectivity index (χ3v) is 3.99. The van der Waals surface area contributed by atoms with E-state index >= 15 is 0 Å². The van der Waals surface area contributed by atoms with E-state index in [1.54, 1.807) is 42.5 Å². The van der Waals surface area contributed by atoms with E-state index in [9.17, 15) is 14.4 Å². The molecule has 2 aromatic carbocycles. The minimum atomic E-state index is -0.743. The summed E-state index contributed by atoms with van der Waals surface area (Å²) in [5.41, 5.74) is 0.0813. The van der Waals surface area contributed by atoms with Crippen molar-refractivity contribution in [3.05, 3.63) is 70.6 Å². The van der Waals surface area contributed by atoms with Gasteiger partial charge in [0.15, 0.2) is 5.78 Å². The van der Waals surface area contributed by atoms with E-state index in [0.29, 0.717) is 22.4 Å². The number of carbonyl (C=O) groups excluding carboxylic acids is 2. The zero-order valence-electron chi connectivity index (χ0n) is 14.4. The molecule has 0 radical (unpaired) electrons. The number of Topliss-reactive ketones (excluding diaryl/α,β-unsaturated/α-hetero) is 1. The maximum absolute atomic E-state index is 12.6. The van der Waals surface area contributed by atoms with Crippen LogP contribution in [0.5, 0.6) is 5.75 Å². The van der Waals surface area contributed by atoms with Gasteiger partial charge in [-0.2, -0.15) is 0 Å². The van der Waals surface area contributed by atoms with Crippen molar-refractivity contribution in [2.24, 2.45) is 0 Å². The lowest BCUT2D eigenvalue weighted by Crippen LogP contribution is -2.35. The molecule has 3 aromatic rings. The van der Waals surface area contributed by atoms with Crippen LogP contribution < -0.4 is 15.3 Å². The second-order valence-corrected chi connectivity index (χ2v) is 5.72. The number of hydrogen-bond donors (Lipinski definition) is 0. The van der Waals surface area contributed by atoms with Crippen LogP contribution in [0.3, 0.4) is 0 Å². The van der Waals surface area contributed by atoms with Gasteiger partial charge in [-0.1, -0.05) is 18.2 Å². The summed E-state index contributed by atoms with van der Waals surface area (Å²) in [7, 11) is 1.51. The fraction of sp³-hybridized carbons (Fsp3) is 0.150. The molecule has 0 atom stereocenters. The molecule has 0 aliphatic carbocycles. The van der Waals surface area contributed by atoms with Crippen LogP contribution in [0.15, 0.2) is 63.8 Å². The number of amides is 1. The van der Waals surface area contributed by atoms with Gasteiger partial charge in [0.05, 0.1) is 13.7 Å². The molecular formula is C20H17NO5. The molecule has 0 unspecified atom stereocenters. The lowest BCUT2D eigenvalue weighted by molar-refractivity contribution is -0.116. The topological polar surface area (TPSA) is 76.8 Å². The molecule has 1 aromatic heterocycles. The van der Waals surface area contributed by atoms with E-state index in [-0.39, 0.29) is 18.0 Å². The summed E-state index contributed by atoms with van der Waals surface area (Å²) in [5, 5.41) is 0.600. The number of ketones is 1. The molecule has 0 saturated carbocycles. The summed E-state index contributed by atoms with van der Waals surface area (Å²) in [6.45, 7) is 1.13. The summed E-state index contributed by atoms with van der Waals surface area (Å²) in [6.07, 6.45) is 0. The number of rotatable bonds is 5. The molecule has 0 aliphatic rings. The van der Waals surface area contributed by atoms with E-state index in [2.05, 4.69) is 0 Å². The van der Waals surface area contributed by atoms with Crippen molar-refractivity contribution in [2.75, 3.05) is 18.6 Å². The van der Waals surface area contributed by atoms with Gasteiger partial charge in [-0.15, -0.1) is 0 Å². The average molecular weight is 351 g/mol. The molecule has 0 spiro atoms. The van der Waals surface area contributed by atoms with Crippen molar-refractivity contribution < 1.29 is 18.7 Å². The molecule has 0 fully saturated rings. The van der Waals surface area contributed by atoms with Gasteiger partial charge in [-0.05, 0) is 30.3 Å². The third kappa shape index (κ3) is 3.49. The van der Waals surface area contributed by atoms with Crippen LogP contribution in [-0.4, -0.2) is 25.3 Å². The second-order valence-electron chi connectivity index (χ2n) is 5.72. The highest BCUT2D eigenvalue weighted by Crippen LogP contribution is 2.21. The predicted octanol–water partition coefficient (Wildman–Crippen LogP) is 3.04. The van der Waals surface area contributed by atoms with E-state index in [0.717, 1.165) is 0 Å². The zero-order chi connectivity index (χ0) is 18.7. The maximum atomic E-state index is 12.6. The number of carbonyl (C=O) groups is 2. The predicted molar refractivity (Wildman–Crippen MR) is 97.8 cm³/mol. The maximum Gasteiger partial charge on any atom is 0.347 e. The molecule has 0 N–H and O–H groups in total. The van der Waals surface area contributed by atoms with Crippen LogP contribution in [0, 0.1) is 0 Å². The molecule has 0 aliphatic heterocycles. The molecule has 0 saturated heterocycles. The summed E-state index contributed by atoms with van der Waals surface area (Å²) in [6, 6.07) is 15.3. The smallest absolute Gasteiger partial charge is 0.347 e. The Morgan fingerprint density at radius 3 is 2.46 bits per heavy atom. The Balaban J connectivity index is 1.95. The Morgan fingerprint density at radius 1 is 1.08 bits per heavy atom. The van der Waals surface area contributed by atoms with Crippen LogP contribution in [0.1, 0.15) is 17.3 Å². The van der Waals surface area contributed by atoms with Gasteiger partial charge in [-0.25, -0.2) is 4.79 Å². The lowest BCUT2D eigenvalue weighted by atomic mass is 10.1. The summed E-state index contributed by atoms with van der Waals surface area (Å²) < 4.78 is 10.3. The standard InChI is InChI=1S/C20H17NO5/c1-13(22)21(15-6-4-3-5-7-15)12-18(23)17-10-14-8-9-16(25-2)11-19(14)26-20(17)24/h3-11H,12H2,1-2H3. The number of fused-ring (bicyclic) bond motifs is 1. The Kier molecular flexibility index (Phi) is 4.84. The first-order chi connectivity index (χ1) is 12.5. The SMILES string of the molecule is COc1ccc2cc(C(=O)CN(C(C)=O)c3ccccc3)c(=O)oc2c1. The average Bonchev–Trinajstić information content (AvgIpc) is 2.65. The highest BCUT2D eigenvalue weighted by Gasteiger charge is 2.20. The zero-order valence-corrected chi connectivity index (χ0v) is 14.4. The van der Waals surface area contributed by atoms with Crippen LogP contribution in [0.4, 0.5) is 5.69 Å². The van der Waals surface area contributed by atoms with Crippen molar-refractivity contribution in [3.63, 3.8) is 0 Å². The first-order valence-electron chi connectivity index (χ1n) is 7.98. The normalized spacial score (nSPS) is 10.5. The monoisotopic (exact) mass is 351 g/mol. The number of para-hydroxylation sites is 1. The van der Waals surface area contributed by atoms with Gasteiger partial charge >= 0.3 is 5.63 Å².